The molecule has 0 N–H and O–H groups in total. The van der Waals surface area contributed by atoms with Crippen LogP contribution in [0.5, 0.6) is 0 Å². The van der Waals surface area contributed by atoms with E-state index in [9.17, 15) is 24.1 Å². The molecule has 0 radical (unpaired) electrons. The molecule has 6 nitrogen and oxygen atoms in total. The second-order valence-electron chi connectivity index (χ2n) is 4.41. The molecule has 0 fully saturated rings. The summed E-state index contributed by atoms with van der Waals surface area (Å²) >= 11 is 0. The van der Waals surface area contributed by atoms with Gasteiger partial charge in [0.2, 0.25) is 0 Å². The maximum Gasteiger partial charge on any atom is 0.269 e. The summed E-state index contributed by atoms with van der Waals surface area (Å²) in [5, 5.41) is 10.6. The first-order valence-corrected chi connectivity index (χ1v) is 5.92. The SMILES string of the molecule is O=C1c2ccc(F)cc2C(=O)N1c1ccc([N+](=O)[O-])cc1. The predicted molar refractivity (Wildman–Crippen MR) is 70.6 cm³/mol. The van der Waals surface area contributed by atoms with Gasteiger partial charge in [0.05, 0.1) is 21.7 Å². The largest absolute Gasteiger partial charge is 0.269 e. The van der Waals surface area contributed by atoms with E-state index in [1.54, 1.807) is 0 Å². The number of carbonyl (C=O) groups is 2. The minimum atomic E-state index is -0.650. The van der Waals surface area contributed by atoms with Crippen LogP contribution in [0.15, 0.2) is 42.5 Å². The normalized spacial score (nSPS) is 13.5. The number of rotatable bonds is 2. The van der Waals surface area contributed by atoms with Crippen molar-refractivity contribution in [3.63, 3.8) is 0 Å². The van der Waals surface area contributed by atoms with Crippen molar-refractivity contribution in [2.24, 2.45) is 0 Å². The van der Waals surface area contributed by atoms with E-state index < -0.39 is 22.6 Å². The fourth-order valence-electron chi connectivity index (χ4n) is 2.17. The van der Waals surface area contributed by atoms with Crippen molar-refractivity contribution in [1.29, 1.82) is 0 Å². The van der Waals surface area contributed by atoms with Crippen LogP contribution in [-0.4, -0.2) is 16.7 Å². The molecule has 2 amide bonds. The van der Waals surface area contributed by atoms with Gasteiger partial charge in [-0.25, -0.2) is 9.29 Å². The van der Waals surface area contributed by atoms with E-state index in [1.165, 1.54) is 30.3 Å². The van der Waals surface area contributed by atoms with E-state index in [-0.39, 0.29) is 22.5 Å². The van der Waals surface area contributed by atoms with Gasteiger partial charge in [0.1, 0.15) is 5.82 Å². The minimum Gasteiger partial charge on any atom is -0.268 e. The Morgan fingerprint density at radius 1 is 0.952 bits per heavy atom. The van der Waals surface area contributed by atoms with E-state index in [1.807, 2.05) is 0 Å². The highest BCUT2D eigenvalue weighted by Crippen LogP contribution is 2.29. The highest BCUT2D eigenvalue weighted by atomic mass is 19.1. The molecule has 2 aromatic rings. The zero-order valence-electron chi connectivity index (χ0n) is 10.4. The lowest BCUT2D eigenvalue weighted by atomic mass is 10.1. The molecular formula is C14H7FN2O4. The van der Waals surface area contributed by atoms with Crippen molar-refractivity contribution in [1.82, 2.24) is 0 Å². The van der Waals surface area contributed by atoms with Crippen LogP contribution in [0.1, 0.15) is 20.7 Å². The number of halogens is 1. The first kappa shape index (κ1) is 12.9. The van der Waals surface area contributed by atoms with Crippen LogP contribution in [0.25, 0.3) is 0 Å². The van der Waals surface area contributed by atoms with E-state index in [0.29, 0.717) is 0 Å². The highest BCUT2D eigenvalue weighted by Gasteiger charge is 2.36. The maximum atomic E-state index is 13.2. The van der Waals surface area contributed by atoms with Crippen LogP contribution < -0.4 is 4.90 Å². The number of fused-ring (bicyclic) bond motifs is 1. The number of nitro benzene ring substituents is 1. The summed E-state index contributed by atoms with van der Waals surface area (Å²) in [6.45, 7) is 0. The lowest BCUT2D eigenvalue weighted by Crippen LogP contribution is -2.29. The van der Waals surface area contributed by atoms with Gasteiger partial charge in [-0.1, -0.05) is 0 Å². The number of nitrogens with zero attached hydrogens (tertiary/aromatic N) is 2. The molecule has 0 saturated heterocycles. The topological polar surface area (TPSA) is 80.5 Å². The van der Waals surface area contributed by atoms with Crippen LogP contribution in [-0.2, 0) is 0 Å². The van der Waals surface area contributed by atoms with E-state index in [4.69, 9.17) is 0 Å². The van der Waals surface area contributed by atoms with Crippen molar-refractivity contribution < 1.29 is 18.9 Å². The smallest absolute Gasteiger partial charge is 0.268 e. The third-order valence-corrected chi connectivity index (χ3v) is 3.17. The van der Waals surface area contributed by atoms with Crippen molar-refractivity contribution in [2.75, 3.05) is 4.90 Å². The lowest BCUT2D eigenvalue weighted by Gasteiger charge is -2.13. The Bertz CT molecular complexity index is 786. The number of carbonyl (C=O) groups excluding carboxylic acids is 2. The average molecular weight is 286 g/mol. The summed E-state index contributed by atoms with van der Waals surface area (Å²) in [6, 6.07) is 8.34. The molecule has 0 aliphatic carbocycles. The summed E-state index contributed by atoms with van der Waals surface area (Å²) in [7, 11) is 0. The maximum absolute atomic E-state index is 13.2. The zero-order valence-corrected chi connectivity index (χ0v) is 10.4. The highest BCUT2D eigenvalue weighted by molar-refractivity contribution is 6.34. The Labute approximate surface area is 117 Å². The minimum absolute atomic E-state index is 0.0154. The molecule has 0 saturated carbocycles. The van der Waals surface area contributed by atoms with Crippen molar-refractivity contribution >= 4 is 23.2 Å². The molecule has 7 heteroatoms. The fraction of sp³-hybridized carbons (Fsp3) is 0. The molecule has 2 aromatic carbocycles. The van der Waals surface area contributed by atoms with Gasteiger partial charge in [-0.05, 0) is 30.3 Å². The van der Waals surface area contributed by atoms with Crippen molar-refractivity contribution in [3.8, 4) is 0 Å². The summed E-state index contributed by atoms with van der Waals surface area (Å²) in [6.07, 6.45) is 0. The quantitative estimate of drug-likeness (QED) is 0.482. The zero-order chi connectivity index (χ0) is 15.1. The van der Waals surface area contributed by atoms with Crippen LogP contribution in [0, 0.1) is 15.9 Å². The predicted octanol–water partition coefficient (Wildman–Crippen LogP) is 2.53. The third kappa shape index (κ3) is 1.95. The number of non-ortho nitro benzene ring substituents is 1. The van der Waals surface area contributed by atoms with Gasteiger partial charge in [-0.3, -0.25) is 19.7 Å². The molecule has 0 aromatic heterocycles. The van der Waals surface area contributed by atoms with Crippen molar-refractivity contribution in [2.45, 2.75) is 0 Å². The van der Waals surface area contributed by atoms with Crippen LogP contribution in [0.4, 0.5) is 15.8 Å². The van der Waals surface area contributed by atoms with Gasteiger partial charge >= 0.3 is 0 Å². The first-order chi connectivity index (χ1) is 9.99. The van der Waals surface area contributed by atoms with E-state index in [2.05, 4.69) is 0 Å². The summed E-state index contributed by atoms with van der Waals surface area (Å²) < 4.78 is 13.2. The average Bonchev–Trinajstić information content (AvgIpc) is 2.70. The second kappa shape index (κ2) is 4.48. The van der Waals surface area contributed by atoms with Gasteiger partial charge in [0, 0.05) is 12.1 Å². The Morgan fingerprint density at radius 3 is 2.19 bits per heavy atom. The van der Waals surface area contributed by atoms with E-state index in [0.717, 1.165) is 17.0 Å². The molecular weight excluding hydrogens is 279 g/mol. The van der Waals surface area contributed by atoms with Gasteiger partial charge < -0.3 is 0 Å². The molecule has 0 spiro atoms. The Balaban J connectivity index is 2.03. The lowest BCUT2D eigenvalue weighted by molar-refractivity contribution is -0.384. The Hall–Kier alpha value is -3.09. The number of anilines is 1. The molecule has 1 heterocycles. The van der Waals surface area contributed by atoms with Gasteiger partial charge in [-0.2, -0.15) is 0 Å². The summed E-state index contributed by atoms with van der Waals surface area (Å²) in [5.41, 5.74) is 0.145. The second-order valence-corrected chi connectivity index (χ2v) is 4.41. The number of imide groups is 1. The van der Waals surface area contributed by atoms with Gasteiger partial charge in [-0.15, -0.1) is 0 Å². The molecule has 21 heavy (non-hydrogen) atoms. The van der Waals surface area contributed by atoms with Gasteiger partial charge in [0.25, 0.3) is 17.5 Å². The molecule has 0 atom stereocenters. The third-order valence-electron chi connectivity index (χ3n) is 3.17. The number of amides is 2. The molecule has 1 aliphatic heterocycles. The van der Waals surface area contributed by atoms with Gasteiger partial charge in [0.15, 0.2) is 0 Å². The van der Waals surface area contributed by atoms with Crippen LogP contribution >= 0.6 is 0 Å². The fourth-order valence-corrected chi connectivity index (χ4v) is 2.17. The van der Waals surface area contributed by atoms with E-state index >= 15 is 0 Å². The van der Waals surface area contributed by atoms with Crippen molar-refractivity contribution in [3.05, 3.63) is 69.5 Å². The first-order valence-electron chi connectivity index (χ1n) is 5.92. The standard InChI is InChI=1S/C14H7FN2O4/c15-8-1-6-11-12(7-8)14(19)16(13(11)18)9-2-4-10(5-3-9)17(20)21/h1-7H. The molecule has 104 valence electrons. The summed E-state index contributed by atoms with van der Waals surface area (Å²) in [4.78, 5) is 35.3. The number of nitro groups is 1. The van der Waals surface area contributed by atoms with Crippen LogP contribution in [0.2, 0.25) is 0 Å². The summed E-state index contributed by atoms with van der Waals surface area (Å²) in [5.74, 6) is -1.84. The molecule has 1 aliphatic rings. The monoisotopic (exact) mass is 286 g/mol. The number of hydrogen-bond acceptors (Lipinski definition) is 4. The van der Waals surface area contributed by atoms with Crippen LogP contribution in [0.3, 0.4) is 0 Å². The number of benzene rings is 2. The molecule has 0 unspecified atom stereocenters. The Kier molecular flexibility index (Phi) is 2.76. The molecule has 0 bridgehead atoms. The Morgan fingerprint density at radius 2 is 1.57 bits per heavy atom. The molecule has 3 rings (SSSR count). The number of hydrogen-bond donors (Lipinski definition) is 0.